The highest BCUT2D eigenvalue weighted by Gasteiger charge is 2.16. The molecule has 0 aromatic heterocycles. The fraction of sp³-hybridized carbons (Fsp3) is 0.846. The highest BCUT2D eigenvalue weighted by atomic mass is 16.3. The van der Waals surface area contributed by atoms with Crippen molar-refractivity contribution in [2.24, 2.45) is 5.41 Å². The zero-order valence-electron chi connectivity index (χ0n) is 10.6. The van der Waals surface area contributed by atoms with Crippen LogP contribution in [0, 0.1) is 5.41 Å². The largest absolute Gasteiger partial charge is 0.396 e. The van der Waals surface area contributed by atoms with Gasteiger partial charge in [0.15, 0.2) is 0 Å². The molecule has 0 aromatic carbocycles. The van der Waals surface area contributed by atoms with E-state index in [2.05, 4.69) is 19.9 Å². The van der Waals surface area contributed by atoms with Gasteiger partial charge in [0, 0.05) is 6.61 Å². The van der Waals surface area contributed by atoms with E-state index in [0.717, 1.165) is 25.7 Å². The standard InChI is InChI=1S/C13H26O2/c1-12(2,8-5-6-11-14)9-7-10-13(3,4)15/h7,10,14-15H,5-6,8-9,11H2,1-4H3/b10-7+. The van der Waals surface area contributed by atoms with Crippen LogP contribution in [0.2, 0.25) is 0 Å². The number of allylic oxidation sites excluding steroid dienone is 1. The summed E-state index contributed by atoms with van der Waals surface area (Å²) >= 11 is 0. The van der Waals surface area contributed by atoms with Crippen LogP contribution in [0.1, 0.15) is 53.4 Å². The number of rotatable bonds is 7. The first-order valence-corrected chi connectivity index (χ1v) is 5.78. The first-order valence-electron chi connectivity index (χ1n) is 5.78. The summed E-state index contributed by atoms with van der Waals surface area (Å²) in [4.78, 5) is 0. The molecule has 0 spiro atoms. The molecule has 0 fully saturated rings. The summed E-state index contributed by atoms with van der Waals surface area (Å²) in [6, 6.07) is 0. The van der Waals surface area contributed by atoms with E-state index in [1.807, 2.05) is 6.08 Å². The van der Waals surface area contributed by atoms with Crippen molar-refractivity contribution < 1.29 is 10.2 Å². The zero-order chi connectivity index (χ0) is 11.9. The Balaban J connectivity index is 3.88. The molecule has 90 valence electrons. The van der Waals surface area contributed by atoms with Gasteiger partial charge in [-0.15, -0.1) is 0 Å². The number of hydrogen-bond donors (Lipinski definition) is 2. The minimum Gasteiger partial charge on any atom is -0.396 e. The summed E-state index contributed by atoms with van der Waals surface area (Å²) < 4.78 is 0. The normalized spacial score (nSPS) is 13.7. The molecule has 0 aliphatic heterocycles. The SMILES string of the molecule is CC(C)(O)/C=C/CC(C)(C)CCCCO. The number of unbranched alkanes of at least 4 members (excludes halogenated alkanes) is 1. The lowest BCUT2D eigenvalue weighted by atomic mass is 9.83. The molecule has 0 saturated carbocycles. The summed E-state index contributed by atoms with van der Waals surface area (Å²) in [7, 11) is 0. The Morgan fingerprint density at radius 3 is 2.13 bits per heavy atom. The van der Waals surface area contributed by atoms with Crippen molar-refractivity contribution in [1.82, 2.24) is 0 Å². The average Bonchev–Trinajstić information content (AvgIpc) is 2.01. The average molecular weight is 214 g/mol. The number of hydrogen-bond acceptors (Lipinski definition) is 2. The van der Waals surface area contributed by atoms with E-state index in [0.29, 0.717) is 0 Å². The van der Waals surface area contributed by atoms with E-state index in [9.17, 15) is 5.11 Å². The quantitative estimate of drug-likeness (QED) is 0.505. The summed E-state index contributed by atoms with van der Waals surface area (Å²) in [5, 5.41) is 18.2. The lowest BCUT2D eigenvalue weighted by Gasteiger charge is -2.23. The molecule has 0 bridgehead atoms. The van der Waals surface area contributed by atoms with Crippen LogP contribution in [-0.4, -0.2) is 22.4 Å². The fourth-order valence-corrected chi connectivity index (χ4v) is 1.48. The summed E-state index contributed by atoms with van der Waals surface area (Å²) in [6.45, 7) is 8.29. The smallest absolute Gasteiger partial charge is 0.0771 e. The van der Waals surface area contributed by atoms with Crippen LogP contribution in [0.4, 0.5) is 0 Å². The molecule has 0 unspecified atom stereocenters. The van der Waals surface area contributed by atoms with E-state index in [1.165, 1.54) is 0 Å². The van der Waals surface area contributed by atoms with Gasteiger partial charge in [-0.05, 0) is 38.5 Å². The van der Waals surface area contributed by atoms with Gasteiger partial charge in [0.25, 0.3) is 0 Å². The predicted molar refractivity (Wildman–Crippen MR) is 64.8 cm³/mol. The third-order valence-corrected chi connectivity index (χ3v) is 2.46. The fourth-order valence-electron chi connectivity index (χ4n) is 1.48. The van der Waals surface area contributed by atoms with E-state index in [4.69, 9.17) is 5.11 Å². The number of aliphatic hydroxyl groups excluding tert-OH is 1. The van der Waals surface area contributed by atoms with Gasteiger partial charge in [-0.1, -0.05) is 32.4 Å². The van der Waals surface area contributed by atoms with Crippen molar-refractivity contribution >= 4 is 0 Å². The Labute approximate surface area is 94.0 Å². The van der Waals surface area contributed by atoms with Gasteiger partial charge >= 0.3 is 0 Å². The second-order valence-electron chi connectivity index (χ2n) is 5.61. The summed E-state index contributed by atoms with van der Waals surface area (Å²) in [6.07, 6.45) is 7.95. The van der Waals surface area contributed by atoms with Crippen LogP contribution in [0.15, 0.2) is 12.2 Å². The molecule has 0 aliphatic carbocycles. The van der Waals surface area contributed by atoms with Gasteiger partial charge in [-0.25, -0.2) is 0 Å². The Kier molecular flexibility index (Phi) is 6.15. The van der Waals surface area contributed by atoms with Gasteiger partial charge in [0.2, 0.25) is 0 Å². The van der Waals surface area contributed by atoms with E-state index in [1.54, 1.807) is 13.8 Å². The maximum absolute atomic E-state index is 9.51. The second kappa shape index (κ2) is 6.29. The highest BCUT2D eigenvalue weighted by molar-refractivity contribution is 4.97. The lowest BCUT2D eigenvalue weighted by Crippen LogP contribution is -2.15. The van der Waals surface area contributed by atoms with Crippen LogP contribution < -0.4 is 0 Å². The van der Waals surface area contributed by atoms with Crippen LogP contribution in [-0.2, 0) is 0 Å². The first kappa shape index (κ1) is 14.7. The molecule has 0 rings (SSSR count). The van der Waals surface area contributed by atoms with Crippen molar-refractivity contribution in [3.8, 4) is 0 Å². The molecule has 0 aliphatic rings. The van der Waals surface area contributed by atoms with E-state index in [-0.39, 0.29) is 12.0 Å². The topological polar surface area (TPSA) is 40.5 Å². The van der Waals surface area contributed by atoms with Gasteiger partial charge < -0.3 is 10.2 Å². The molecule has 0 amide bonds. The molecular weight excluding hydrogens is 188 g/mol. The third-order valence-electron chi connectivity index (χ3n) is 2.46. The molecule has 2 N–H and O–H groups in total. The Morgan fingerprint density at radius 1 is 1.07 bits per heavy atom. The number of aliphatic hydroxyl groups is 2. The molecule has 2 nitrogen and oxygen atoms in total. The van der Waals surface area contributed by atoms with Gasteiger partial charge in [-0.2, -0.15) is 0 Å². The van der Waals surface area contributed by atoms with Crippen molar-refractivity contribution in [1.29, 1.82) is 0 Å². The molecule has 0 aromatic rings. The van der Waals surface area contributed by atoms with Crippen LogP contribution in [0.3, 0.4) is 0 Å². The monoisotopic (exact) mass is 214 g/mol. The van der Waals surface area contributed by atoms with Crippen LogP contribution >= 0.6 is 0 Å². The molecule has 0 saturated heterocycles. The van der Waals surface area contributed by atoms with Crippen molar-refractivity contribution in [3.05, 3.63) is 12.2 Å². The van der Waals surface area contributed by atoms with Crippen molar-refractivity contribution in [3.63, 3.8) is 0 Å². The Hall–Kier alpha value is -0.340. The molecular formula is C13H26O2. The summed E-state index contributed by atoms with van der Waals surface area (Å²) in [5.74, 6) is 0. The molecule has 2 heteroatoms. The third kappa shape index (κ3) is 9.95. The minimum absolute atomic E-state index is 0.261. The van der Waals surface area contributed by atoms with Crippen molar-refractivity contribution in [2.45, 2.75) is 59.0 Å². The van der Waals surface area contributed by atoms with E-state index < -0.39 is 5.60 Å². The second-order valence-corrected chi connectivity index (χ2v) is 5.61. The van der Waals surface area contributed by atoms with Crippen molar-refractivity contribution in [2.75, 3.05) is 6.61 Å². The highest BCUT2D eigenvalue weighted by Crippen LogP contribution is 2.28. The Bertz CT molecular complexity index is 187. The minimum atomic E-state index is -0.707. The van der Waals surface area contributed by atoms with Gasteiger partial charge in [-0.3, -0.25) is 0 Å². The molecule has 0 radical (unpaired) electrons. The zero-order valence-corrected chi connectivity index (χ0v) is 10.6. The lowest BCUT2D eigenvalue weighted by molar-refractivity contribution is 0.132. The van der Waals surface area contributed by atoms with Gasteiger partial charge in [0.05, 0.1) is 5.60 Å². The maximum atomic E-state index is 9.51. The molecule has 15 heavy (non-hydrogen) atoms. The predicted octanol–water partition coefficient (Wildman–Crippen LogP) is 2.89. The molecule has 0 heterocycles. The van der Waals surface area contributed by atoms with Crippen LogP contribution in [0.25, 0.3) is 0 Å². The maximum Gasteiger partial charge on any atom is 0.0771 e. The Morgan fingerprint density at radius 2 is 1.67 bits per heavy atom. The van der Waals surface area contributed by atoms with Crippen LogP contribution in [0.5, 0.6) is 0 Å². The molecule has 0 atom stereocenters. The van der Waals surface area contributed by atoms with E-state index >= 15 is 0 Å². The van der Waals surface area contributed by atoms with Gasteiger partial charge in [0.1, 0.15) is 0 Å². The first-order chi connectivity index (χ1) is 6.77. The summed E-state index contributed by atoms with van der Waals surface area (Å²) in [5.41, 5.74) is -0.446.